The van der Waals surface area contributed by atoms with E-state index in [0.29, 0.717) is 11.6 Å². The lowest BCUT2D eigenvalue weighted by atomic mass is 10.1. The third-order valence-electron chi connectivity index (χ3n) is 4.24. The van der Waals surface area contributed by atoms with E-state index in [9.17, 15) is 9.59 Å². The summed E-state index contributed by atoms with van der Waals surface area (Å²) in [6.45, 7) is 2.32. The van der Waals surface area contributed by atoms with Crippen LogP contribution in [0.2, 0.25) is 5.02 Å². The average Bonchev–Trinajstić information content (AvgIpc) is 3.04. The van der Waals surface area contributed by atoms with Crippen LogP contribution in [0, 0.1) is 12.8 Å². The maximum Gasteiger partial charge on any atom is 0.243 e. The number of hydrogen-bond donors (Lipinski definition) is 3. The second-order valence-electron chi connectivity index (χ2n) is 6.32. The van der Waals surface area contributed by atoms with Gasteiger partial charge in [-0.15, -0.1) is 0 Å². The topological polar surface area (TPSA) is 73.5 Å². The minimum absolute atomic E-state index is 0.0686. The molecule has 140 valence electrons. The second-order valence-corrected chi connectivity index (χ2v) is 7.16. The van der Waals surface area contributed by atoms with E-state index < -0.39 is 5.92 Å². The van der Waals surface area contributed by atoms with Gasteiger partial charge >= 0.3 is 0 Å². The molecule has 0 saturated carbocycles. The van der Waals surface area contributed by atoms with Gasteiger partial charge in [-0.2, -0.15) is 0 Å². The van der Waals surface area contributed by atoms with E-state index in [1.807, 2.05) is 31.2 Å². The molecule has 0 aliphatic carbocycles. The van der Waals surface area contributed by atoms with Gasteiger partial charge in [0.1, 0.15) is 0 Å². The summed E-state index contributed by atoms with van der Waals surface area (Å²) in [5, 5.41) is 3.80. The van der Waals surface area contributed by atoms with Crippen molar-refractivity contribution in [1.82, 2.24) is 10.9 Å². The van der Waals surface area contributed by atoms with Gasteiger partial charge in [0.2, 0.25) is 11.8 Å². The highest BCUT2D eigenvalue weighted by Crippen LogP contribution is 2.25. The Morgan fingerprint density at radius 2 is 1.78 bits per heavy atom. The molecular weight excluding hydrogens is 384 g/mol. The zero-order valence-corrected chi connectivity index (χ0v) is 16.2. The standard InChI is InChI=1S/C19H19ClN4O2S/c1-12-2-8-16(9-3-12)24-11-13(10-17(24)25)18(26)22-23-19(27)21-15-6-4-14(20)5-7-15/h2-9,13H,10-11H2,1H3,(H,22,26)(H2,21,23,27)/t13-/m1/s1. The molecule has 1 atom stereocenters. The number of carbonyl (C=O) groups excluding carboxylic acids is 2. The minimum atomic E-state index is -0.440. The van der Waals surface area contributed by atoms with Crippen LogP contribution >= 0.6 is 23.8 Å². The molecule has 1 saturated heterocycles. The summed E-state index contributed by atoms with van der Waals surface area (Å²) in [6.07, 6.45) is 0.165. The third kappa shape index (κ3) is 4.96. The van der Waals surface area contributed by atoms with E-state index in [-0.39, 0.29) is 23.3 Å². The van der Waals surface area contributed by atoms with Crippen LogP contribution in [0.15, 0.2) is 48.5 Å². The molecule has 0 bridgehead atoms. The summed E-state index contributed by atoms with van der Waals surface area (Å²) in [5.74, 6) is -0.788. The summed E-state index contributed by atoms with van der Waals surface area (Å²) in [7, 11) is 0. The van der Waals surface area contributed by atoms with E-state index >= 15 is 0 Å². The SMILES string of the molecule is Cc1ccc(N2C[C@H](C(=O)NNC(=S)Nc3ccc(Cl)cc3)CC2=O)cc1. The smallest absolute Gasteiger partial charge is 0.243 e. The number of rotatable bonds is 3. The predicted octanol–water partition coefficient (Wildman–Crippen LogP) is 3.02. The fourth-order valence-corrected chi connectivity index (χ4v) is 3.07. The van der Waals surface area contributed by atoms with Crippen LogP contribution in [-0.4, -0.2) is 23.5 Å². The van der Waals surface area contributed by atoms with Crippen molar-refractivity contribution in [2.24, 2.45) is 5.92 Å². The zero-order valence-electron chi connectivity index (χ0n) is 14.7. The fraction of sp³-hybridized carbons (Fsp3) is 0.211. The largest absolute Gasteiger partial charge is 0.331 e. The molecule has 3 rings (SSSR count). The lowest BCUT2D eigenvalue weighted by molar-refractivity contribution is -0.126. The highest BCUT2D eigenvalue weighted by atomic mass is 35.5. The van der Waals surface area contributed by atoms with Crippen LogP contribution in [0.25, 0.3) is 0 Å². The van der Waals surface area contributed by atoms with Crippen molar-refractivity contribution < 1.29 is 9.59 Å². The van der Waals surface area contributed by atoms with Gasteiger partial charge in [0.25, 0.3) is 0 Å². The first kappa shape index (κ1) is 19.1. The number of anilines is 2. The number of benzene rings is 2. The van der Waals surface area contributed by atoms with Gasteiger partial charge in [0, 0.05) is 29.4 Å². The second kappa shape index (κ2) is 8.37. The van der Waals surface area contributed by atoms with Crippen LogP contribution in [-0.2, 0) is 9.59 Å². The lowest BCUT2D eigenvalue weighted by Gasteiger charge is -2.17. The number of nitrogens with zero attached hydrogens (tertiary/aromatic N) is 1. The van der Waals surface area contributed by atoms with Crippen molar-refractivity contribution in [2.45, 2.75) is 13.3 Å². The summed E-state index contributed by atoms with van der Waals surface area (Å²) >= 11 is 11.0. The van der Waals surface area contributed by atoms with Crippen molar-refractivity contribution in [3.63, 3.8) is 0 Å². The number of hydrogen-bond acceptors (Lipinski definition) is 3. The number of nitrogens with one attached hydrogen (secondary N) is 3. The van der Waals surface area contributed by atoms with Gasteiger partial charge in [-0.25, -0.2) is 0 Å². The van der Waals surface area contributed by atoms with Crippen LogP contribution in [0.3, 0.4) is 0 Å². The van der Waals surface area contributed by atoms with Gasteiger partial charge in [0.05, 0.1) is 5.92 Å². The third-order valence-corrected chi connectivity index (χ3v) is 4.70. The fourth-order valence-electron chi connectivity index (χ4n) is 2.77. The van der Waals surface area contributed by atoms with Crippen LogP contribution in [0.1, 0.15) is 12.0 Å². The normalized spacial score (nSPS) is 16.1. The van der Waals surface area contributed by atoms with Crippen LogP contribution < -0.4 is 21.1 Å². The lowest BCUT2D eigenvalue weighted by Crippen LogP contribution is -2.46. The molecular formula is C19H19ClN4O2S. The molecule has 2 aromatic carbocycles. The Morgan fingerprint density at radius 3 is 2.44 bits per heavy atom. The Hall–Kier alpha value is -2.64. The number of amides is 2. The molecule has 2 amide bonds. The zero-order chi connectivity index (χ0) is 19.4. The monoisotopic (exact) mass is 402 g/mol. The Morgan fingerprint density at radius 1 is 1.11 bits per heavy atom. The summed E-state index contributed by atoms with van der Waals surface area (Å²) in [5.41, 5.74) is 7.88. The van der Waals surface area contributed by atoms with Gasteiger partial charge in [-0.1, -0.05) is 29.3 Å². The van der Waals surface area contributed by atoms with Crippen LogP contribution in [0.4, 0.5) is 11.4 Å². The highest BCUT2D eigenvalue weighted by Gasteiger charge is 2.35. The quantitative estimate of drug-likeness (QED) is 0.543. The molecule has 2 aromatic rings. The van der Waals surface area contributed by atoms with Crippen molar-refractivity contribution in [1.29, 1.82) is 0 Å². The molecule has 1 aliphatic heterocycles. The molecule has 27 heavy (non-hydrogen) atoms. The first-order valence-corrected chi connectivity index (χ1v) is 9.20. The number of hydrazine groups is 1. The maximum absolute atomic E-state index is 12.4. The average molecular weight is 403 g/mol. The first-order valence-electron chi connectivity index (χ1n) is 8.42. The summed E-state index contributed by atoms with van der Waals surface area (Å²) in [6, 6.07) is 14.7. The summed E-state index contributed by atoms with van der Waals surface area (Å²) < 4.78 is 0. The Bertz CT molecular complexity index is 855. The Balaban J connectivity index is 1.51. The van der Waals surface area contributed by atoms with Gasteiger partial charge in [-0.3, -0.25) is 20.4 Å². The molecule has 0 radical (unpaired) electrons. The van der Waals surface area contributed by atoms with Crippen molar-refractivity contribution in [2.75, 3.05) is 16.8 Å². The van der Waals surface area contributed by atoms with E-state index in [0.717, 1.165) is 16.9 Å². The van der Waals surface area contributed by atoms with Crippen molar-refractivity contribution >= 4 is 52.1 Å². The minimum Gasteiger partial charge on any atom is -0.331 e. The van der Waals surface area contributed by atoms with Crippen molar-refractivity contribution in [3.8, 4) is 0 Å². The molecule has 1 fully saturated rings. The Kier molecular flexibility index (Phi) is 5.93. The molecule has 0 aromatic heterocycles. The first-order chi connectivity index (χ1) is 12.9. The van der Waals surface area contributed by atoms with E-state index in [1.165, 1.54) is 0 Å². The van der Waals surface area contributed by atoms with E-state index in [1.54, 1.807) is 29.2 Å². The number of carbonyl (C=O) groups is 2. The molecule has 0 unspecified atom stereocenters. The van der Waals surface area contributed by atoms with Crippen LogP contribution in [0.5, 0.6) is 0 Å². The number of thiocarbonyl (C=S) groups is 1. The molecule has 3 N–H and O–H groups in total. The van der Waals surface area contributed by atoms with Gasteiger partial charge in [0.15, 0.2) is 5.11 Å². The molecule has 8 heteroatoms. The molecule has 1 aliphatic rings. The number of aryl methyl sites for hydroxylation is 1. The summed E-state index contributed by atoms with van der Waals surface area (Å²) in [4.78, 5) is 26.3. The maximum atomic E-state index is 12.4. The number of halogens is 1. The highest BCUT2D eigenvalue weighted by molar-refractivity contribution is 7.80. The molecule has 0 spiro atoms. The van der Waals surface area contributed by atoms with Gasteiger partial charge in [-0.05, 0) is 55.5 Å². The predicted molar refractivity (Wildman–Crippen MR) is 111 cm³/mol. The van der Waals surface area contributed by atoms with Gasteiger partial charge < -0.3 is 10.2 Å². The Labute approximate surface area is 167 Å². The molecule has 6 nitrogen and oxygen atoms in total. The molecule has 1 heterocycles. The van der Waals surface area contributed by atoms with Crippen molar-refractivity contribution in [3.05, 3.63) is 59.1 Å². The van der Waals surface area contributed by atoms with E-state index in [2.05, 4.69) is 16.2 Å². The van der Waals surface area contributed by atoms with E-state index in [4.69, 9.17) is 23.8 Å².